The predicted molar refractivity (Wildman–Crippen MR) is 67.1 cm³/mol. The highest BCUT2D eigenvalue weighted by atomic mass is 19.4. The van der Waals surface area contributed by atoms with E-state index in [4.69, 9.17) is 0 Å². The van der Waals surface area contributed by atoms with Gasteiger partial charge in [-0.05, 0) is 26.0 Å². The molecule has 0 amide bonds. The highest BCUT2D eigenvalue weighted by Crippen LogP contribution is 2.45. The van der Waals surface area contributed by atoms with Gasteiger partial charge in [-0.1, -0.05) is 6.92 Å². The summed E-state index contributed by atoms with van der Waals surface area (Å²) >= 11 is 0. The van der Waals surface area contributed by atoms with Crippen LogP contribution in [0.25, 0.3) is 0 Å². The van der Waals surface area contributed by atoms with Crippen molar-refractivity contribution in [3.8, 4) is 0 Å². The number of fused-ring (bicyclic) bond motifs is 1. The van der Waals surface area contributed by atoms with Crippen molar-refractivity contribution in [1.29, 1.82) is 0 Å². The normalized spacial score (nSPS) is 21.9. The number of hydrogen-bond donors (Lipinski definition) is 2. The SMILES string of the molecule is CCCN[C@]1(C(F)(F)F)N=CNc2ccnc(C)c21. The first-order valence-electron chi connectivity index (χ1n) is 6.00. The van der Waals surface area contributed by atoms with Crippen LogP contribution in [0.1, 0.15) is 24.6 Å². The summed E-state index contributed by atoms with van der Waals surface area (Å²) in [4.78, 5) is 7.62. The van der Waals surface area contributed by atoms with E-state index in [0.29, 0.717) is 17.8 Å². The Morgan fingerprint density at radius 3 is 2.79 bits per heavy atom. The van der Waals surface area contributed by atoms with Gasteiger partial charge in [0, 0.05) is 23.1 Å². The number of aromatic nitrogens is 1. The molecular weight excluding hydrogens is 257 g/mol. The topological polar surface area (TPSA) is 49.3 Å². The van der Waals surface area contributed by atoms with Gasteiger partial charge >= 0.3 is 6.18 Å². The van der Waals surface area contributed by atoms with E-state index in [1.807, 2.05) is 0 Å². The molecule has 2 heterocycles. The molecule has 1 aromatic heterocycles. The number of halogens is 3. The molecule has 0 radical (unpaired) electrons. The van der Waals surface area contributed by atoms with Crippen molar-refractivity contribution in [3.05, 3.63) is 23.5 Å². The molecule has 0 bridgehead atoms. The van der Waals surface area contributed by atoms with Crippen LogP contribution in [-0.2, 0) is 5.66 Å². The summed E-state index contributed by atoms with van der Waals surface area (Å²) in [5.41, 5.74) is -1.69. The monoisotopic (exact) mass is 272 g/mol. The molecule has 0 spiro atoms. The van der Waals surface area contributed by atoms with Crippen LogP contribution < -0.4 is 10.6 Å². The number of nitrogens with zero attached hydrogens (tertiary/aromatic N) is 2. The zero-order valence-corrected chi connectivity index (χ0v) is 10.7. The molecule has 1 aromatic rings. The van der Waals surface area contributed by atoms with E-state index in [9.17, 15) is 13.2 Å². The Bertz CT molecular complexity index is 498. The first-order valence-corrected chi connectivity index (χ1v) is 6.00. The molecule has 0 unspecified atom stereocenters. The van der Waals surface area contributed by atoms with Crippen molar-refractivity contribution in [1.82, 2.24) is 10.3 Å². The second kappa shape index (κ2) is 4.80. The zero-order chi connectivity index (χ0) is 14.1. The maximum Gasteiger partial charge on any atom is 0.431 e. The van der Waals surface area contributed by atoms with E-state index in [1.54, 1.807) is 13.8 Å². The lowest BCUT2D eigenvalue weighted by molar-refractivity contribution is -0.198. The van der Waals surface area contributed by atoms with Gasteiger partial charge in [0.05, 0.1) is 6.34 Å². The number of alkyl halides is 3. The maximum atomic E-state index is 13.5. The van der Waals surface area contributed by atoms with Crippen molar-refractivity contribution in [3.63, 3.8) is 0 Å². The number of aryl methyl sites for hydroxylation is 1. The molecule has 4 nitrogen and oxygen atoms in total. The van der Waals surface area contributed by atoms with E-state index in [-0.39, 0.29) is 12.1 Å². The van der Waals surface area contributed by atoms with Crippen LogP contribution in [0.2, 0.25) is 0 Å². The minimum atomic E-state index is -4.54. The molecule has 2 rings (SSSR count). The Hall–Kier alpha value is -1.63. The molecule has 0 aliphatic carbocycles. The highest BCUT2D eigenvalue weighted by Gasteiger charge is 2.58. The third-order valence-electron chi connectivity index (χ3n) is 3.02. The molecule has 2 N–H and O–H groups in total. The zero-order valence-electron chi connectivity index (χ0n) is 10.7. The van der Waals surface area contributed by atoms with Crippen LogP contribution in [0, 0.1) is 6.92 Å². The lowest BCUT2D eigenvalue weighted by atomic mass is 9.94. The summed E-state index contributed by atoms with van der Waals surface area (Å²) in [6.07, 6.45) is -1.40. The minimum Gasteiger partial charge on any atom is -0.346 e. The largest absolute Gasteiger partial charge is 0.431 e. The fraction of sp³-hybridized carbons (Fsp3) is 0.500. The third kappa shape index (κ3) is 2.18. The molecular formula is C12H15F3N4. The molecule has 0 saturated heterocycles. The summed E-state index contributed by atoms with van der Waals surface area (Å²) < 4.78 is 40.6. The first-order chi connectivity index (χ1) is 8.92. The number of anilines is 1. The summed E-state index contributed by atoms with van der Waals surface area (Å²) in [6.45, 7) is 3.57. The van der Waals surface area contributed by atoms with E-state index in [0.717, 1.165) is 6.34 Å². The summed E-state index contributed by atoms with van der Waals surface area (Å²) in [5.74, 6) is 0. The Morgan fingerprint density at radius 2 is 2.16 bits per heavy atom. The van der Waals surface area contributed by atoms with Gasteiger partial charge in [-0.25, -0.2) is 4.99 Å². The minimum absolute atomic E-state index is 0.0402. The van der Waals surface area contributed by atoms with Crippen LogP contribution in [0.3, 0.4) is 0 Å². The number of pyridine rings is 1. The van der Waals surface area contributed by atoms with Crippen molar-refractivity contribution in [2.45, 2.75) is 32.1 Å². The number of nitrogens with one attached hydrogen (secondary N) is 2. The second-order valence-corrected chi connectivity index (χ2v) is 4.36. The Labute approximate surface area is 109 Å². The number of hydrogen-bond acceptors (Lipinski definition) is 4. The van der Waals surface area contributed by atoms with Gasteiger partial charge in [-0.3, -0.25) is 10.3 Å². The van der Waals surface area contributed by atoms with E-state index < -0.39 is 11.8 Å². The molecule has 19 heavy (non-hydrogen) atoms. The summed E-state index contributed by atoms with van der Waals surface area (Å²) in [5, 5.41) is 5.25. The Kier molecular flexibility index (Phi) is 3.49. The van der Waals surface area contributed by atoms with Crippen molar-refractivity contribution in [2.75, 3.05) is 11.9 Å². The summed E-state index contributed by atoms with van der Waals surface area (Å²) in [6, 6.07) is 1.52. The van der Waals surface area contributed by atoms with Crippen LogP contribution in [0.5, 0.6) is 0 Å². The van der Waals surface area contributed by atoms with E-state index in [2.05, 4.69) is 20.6 Å². The number of rotatable bonds is 3. The standard InChI is InChI=1S/C12H15F3N4/c1-3-5-18-11(12(13,14)15)10-8(2)16-6-4-9(10)17-7-19-11/h4,6-7,18H,3,5H2,1-2H3,(H,17,19)/t11-/m0/s1. The van der Waals surface area contributed by atoms with Gasteiger partial charge in [0.1, 0.15) is 0 Å². The van der Waals surface area contributed by atoms with Crippen molar-refractivity contribution >= 4 is 12.0 Å². The molecule has 0 fully saturated rings. The molecule has 104 valence electrons. The lowest BCUT2D eigenvalue weighted by Crippen LogP contribution is -2.55. The van der Waals surface area contributed by atoms with Crippen LogP contribution in [0.15, 0.2) is 17.3 Å². The second-order valence-electron chi connectivity index (χ2n) is 4.36. The number of aliphatic imine (C=N–C) groups is 1. The van der Waals surface area contributed by atoms with Gasteiger partial charge in [0.25, 0.3) is 0 Å². The van der Waals surface area contributed by atoms with Gasteiger partial charge in [0.2, 0.25) is 5.66 Å². The van der Waals surface area contributed by atoms with Crippen molar-refractivity contribution < 1.29 is 13.2 Å². The van der Waals surface area contributed by atoms with Gasteiger partial charge < -0.3 is 5.32 Å². The Balaban J connectivity index is 2.62. The van der Waals surface area contributed by atoms with Crippen LogP contribution >= 0.6 is 0 Å². The summed E-state index contributed by atoms with van der Waals surface area (Å²) in [7, 11) is 0. The average Bonchev–Trinajstić information content (AvgIpc) is 2.35. The molecule has 0 aromatic carbocycles. The van der Waals surface area contributed by atoms with Gasteiger partial charge in [0.15, 0.2) is 0 Å². The third-order valence-corrected chi connectivity index (χ3v) is 3.02. The highest BCUT2D eigenvalue weighted by molar-refractivity contribution is 5.81. The molecule has 0 saturated carbocycles. The lowest BCUT2D eigenvalue weighted by Gasteiger charge is -2.37. The fourth-order valence-electron chi connectivity index (χ4n) is 2.16. The Morgan fingerprint density at radius 1 is 1.42 bits per heavy atom. The first kappa shape index (κ1) is 13.8. The van der Waals surface area contributed by atoms with E-state index >= 15 is 0 Å². The maximum absolute atomic E-state index is 13.5. The molecule has 1 aliphatic rings. The van der Waals surface area contributed by atoms with Crippen LogP contribution in [0.4, 0.5) is 18.9 Å². The predicted octanol–water partition coefficient (Wildman–Crippen LogP) is 2.56. The fourth-order valence-corrected chi connectivity index (χ4v) is 2.16. The molecule has 7 heteroatoms. The molecule has 1 aliphatic heterocycles. The quantitative estimate of drug-likeness (QED) is 0.889. The van der Waals surface area contributed by atoms with Gasteiger partial charge in [-0.2, -0.15) is 13.2 Å². The van der Waals surface area contributed by atoms with E-state index in [1.165, 1.54) is 12.3 Å². The van der Waals surface area contributed by atoms with Crippen molar-refractivity contribution in [2.24, 2.45) is 4.99 Å². The smallest absolute Gasteiger partial charge is 0.346 e. The van der Waals surface area contributed by atoms with Gasteiger partial charge in [-0.15, -0.1) is 0 Å². The van der Waals surface area contributed by atoms with Crippen LogP contribution in [-0.4, -0.2) is 24.0 Å². The average molecular weight is 272 g/mol. The molecule has 1 atom stereocenters.